The van der Waals surface area contributed by atoms with Gasteiger partial charge >= 0.3 is 0 Å². The molecule has 0 saturated carbocycles. The number of nitrogens with one attached hydrogen (secondary N) is 1. The molecule has 0 radical (unpaired) electrons. The number of carbonyl (C=O) groups is 2. The predicted octanol–water partition coefficient (Wildman–Crippen LogP) is 6.71. The number of nitrogens with zero attached hydrogens (tertiary/aromatic N) is 1. The lowest BCUT2D eigenvalue weighted by molar-refractivity contribution is -0.384. The van der Waals surface area contributed by atoms with Gasteiger partial charge in [-0.3, -0.25) is 19.7 Å². The van der Waals surface area contributed by atoms with Crippen LogP contribution in [0.5, 0.6) is 17.2 Å². The van der Waals surface area contributed by atoms with Gasteiger partial charge in [0, 0.05) is 42.4 Å². The molecule has 0 amide bonds. The number of ketones is 2. The van der Waals surface area contributed by atoms with E-state index in [9.17, 15) is 19.7 Å². The molecule has 40 heavy (non-hydrogen) atoms. The number of Topliss-reactive ketones (excluding diaryl/α,β-unsaturated/α-hetero) is 1. The zero-order valence-corrected chi connectivity index (χ0v) is 23.9. The van der Waals surface area contributed by atoms with Crippen molar-refractivity contribution in [2.24, 2.45) is 5.92 Å². The van der Waals surface area contributed by atoms with Crippen molar-refractivity contribution in [3.63, 3.8) is 0 Å². The predicted molar refractivity (Wildman–Crippen MR) is 149 cm³/mol. The highest BCUT2D eigenvalue weighted by atomic mass is 35.5. The number of halogens is 3. The number of carbonyl (C=O) groups excluding carboxylic acids is 2. The van der Waals surface area contributed by atoms with Crippen molar-refractivity contribution in [2.45, 2.75) is 18.9 Å². The van der Waals surface area contributed by atoms with Gasteiger partial charge in [-0.25, -0.2) is 0 Å². The van der Waals surface area contributed by atoms with Crippen LogP contribution in [0.2, 0.25) is 15.1 Å². The van der Waals surface area contributed by atoms with Crippen molar-refractivity contribution >= 4 is 52.1 Å². The fourth-order valence-corrected chi connectivity index (χ4v) is 5.50. The zero-order chi connectivity index (χ0) is 29.4. The van der Waals surface area contributed by atoms with Crippen molar-refractivity contribution < 1.29 is 33.5 Å². The number of hydrogen-bond acceptors (Lipinski definition) is 8. The number of aromatic amines is 1. The summed E-state index contributed by atoms with van der Waals surface area (Å²) in [6.07, 6.45) is 4.63. The Hall–Kier alpha value is -3.73. The molecule has 0 saturated heterocycles. The molecule has 2 aliphatic rings. The summed E-state index contributed by atoms with van der Waals surface area (Å²) in [5.41, 5.74) is -0.355. The second-order valence-electron chi connectivity index (χ2n) is 8.86. The molecule has 1 N–H and O–H groups in total. The molecule has 0 fully saturated rings. The van der Waals surface area contributed by atoms with E-state index in [4.69, 9.17) is 53.8 Å². The van der Waals surface area contributed by atoms with Crippen LogP contribution >= 0.6 is 34.8 Å². The van der Waals surface area contributed by atoms with Crippen molar-refractivity contribution in [3.8, 4) is 28.4 Å². The lowest BCUT2D eigenvalue weighted by Gasteiger charge is -2.36. The molecule has 210 valence electrons. The number of H-pyrrole nitrogens is 1. The molecule has 1 aliphatic carbocycles. The fourth-order valence-electron chi connectivity index (χ4n) is 4.77. The maximum absolute atomic E-state index is 13.3. The van der Waals surface area contributed by atoms with Crippen LogP contribution in [0.1, 0.15) is 23.7 Å². The van der Waals surface area contributed by atoms with Crippen LogP contribution in [0, 0.1) is 16.0 Å². The van der Waals surface area contributed by atoms with Crippen molar-refractivity contribution in [1.29, 1.82) is 0 Å². The van der Waals surface area contributed by atoms with Crippen LogP contribution in [-0.4, -0.2) is 48.4 Å². The Morgan fingerprint density at radius 1 is 1.02 bits per heavy atom. The van der Waals surface area contributed by atoms with Gasteiger partial charge in [-0.05, 0) is 12.1 Å². The number of para-hydroxylation sites is 1. The van der Waals surface area contributed by atoms with Gasteiger partial charge in [0.15, 0.2) is 17.3 Å². The number of allylic oxidation sites excluding steroid dienone is 1. The molecule has 1 spiro atoms. The summed E-state index contributed by atoms with van der Waals surface area (Å²) in [7, 11) is 4.31. The number of methoxy groups -OCH3 is 3. The van der Waals surface area contributed by atoms with Gasteiger partial charge in [0.2, 0.25) is 11.4 Å². The Morgan fingerprint density at radius 2 is 1.73 bits per heavy atom. The van der Waals surface area contributed by atoms with E-state index in [1.807, 2.05) is 0 Å². The monoisotopic (exact) mass is 608 g/mol. The highest BCUT2D eigenvalue weighted by Gasteiger charge is 2.59. The minimum Gasteiger partial charge on any atom is -0.496 e. The van der Waals surface area contributed by atoms with Gasteiger partial charge in [-0.15, -0.1) is 0 Å². The molecule has 1 aromatic heterocycles. The minimum absolute atomic E-state index is 0.0970. The van der Waals surface area contributed by atoms with Crippen LogP contribution in [0.25, 0.3) is 11.1 Å². The molecule has 13 heteroatoms. The fraction of sp³-hybridized carbons (Fsp3) is 0.259. The number of hydrogen-bond donors (Lipinski definition) is 1. The normalized spacial score (nSPS) is 19.3. The van der Waals surface area contributed by atoms with Gasteiger partial charge in [-0.2, -0.15) is 0 Å². The third-order valence-electron chi connectivity index (χ3n) is 6.65. The standard InChI is InChI=1S/C17H17ClO6.C10H6Cl2N2O2/c1-8-5-9(19)6-12(23-4)17(8)16(20)13-10(21-2)7-11(22-3)14(18)15(13)24-17;11-8-3-1-2-6(10(8)14(15)16)7-4-13-5-9(7)12/h6-8H,5H2,1-4H3;1-5,13H/t8-,17+;/m1./s1. The van der Waals surface area contributed by atoms with E-state index in [1.165, 1.54) is 39.5 Å². The quantitative estimate of drug-likeness (QED) is 0.250. The lowest BCUT2D eigenvalue weighted by Crippen LogP contribution is -2.51. The smallest absolute Gasteiger partial charge is 0.295 e. The number of benzene rings is 2. The van der Waals surface area contributed by atoms with Crippen LogP contribution in [0.15, 0.2) is 48.5 Å². The van der Waals surface area contributed by atoms with Crippen molar-refractivity contribution in [2.75, 3.05) is 21.3 Å². The average molecular weight is 610 g/mol. The van der Waals surface area contributed by atoms with E-state index in [-0.39, 0.29) is 50.8 Å². The summed E-state index contributed by atoms with van der Waals surface area (Å²) in [5, 5.41) is 11.6. The molecule has 5 rings (SSSR count). The number of nitro groups is 1. The largest absolute Gasteiger partial charge is 0.496 e. The van der Waals surface area contributed by atoms with E-state index in [2.05, 4.69) is 4.98 Å². The summed E-state index contributed by atoms with van der Waals surface area (Å²) in [6, 6.07) is 6.27. The maximum atomic E-state index is 13.3. The maximum Gasteiger partial charge on any atom is 0.295 e. The van der Waals surface area contributed by atoms with Gasteiger partial charge in [0.1, 0.15) is 27.1 Å². The lowest BCUT2D eigenvalue weighted by atomic mass is 9.75. The summed E-state index contributed by atoms with van der Waals surface area (Å²) in [6.45, 7) is 1.77. The molecule has 2 heterocycles. The first-order chi connectivity index (χ1) is 19.0. The van der Waals surface area contributed by atoms with Gasteiger partial charge < -0.3 is 23.9 Å². The van der Waals surface area contributed by atoms with Crippen molar-refractivity contribution in [1.82, 2.24) is 4.98 Å². The summed E-state index contributed by atoms with van der Waals surface area (Å²) < 4.78 is 21.9. The number of rotatable bonds is 5. The summed E-state index contributed by atoms with van der Waals surface area (Å²) >= 11 is 18.0. The van der Waals surface area contributed by atoms with Crippen LogP contribution in [-0.2, 0) is 9.53 Å². The number of fused-ring (bicyclic) bond motifs is 1. The second kappa shape index (κ2) is 11.4. The Kier molecular flexibility index (Phi) is 8.34. The van der Waals surface area contributed by atoms with E-state index in [0.29, 0.717) is 27.6 Å². The third-order valence-corrected chi connectivity index (χ3v) is 7.63. The Morgan fingerprint density at radius 3 is 2.30 bits per heavy atom. The van der Waals surface area contributed by atoms with E-state index in [1.54, 1.807) is 31.5 Å². The Labute approximate surface area is 243 Å². The van der Waals surface area contributed by atoms with E-state index >= 15 is 0 Å². The summed E-state index contributed by atoms with van der Waals surface area (Å²) in [4.78, 5) is 38.3. The van der Waals surface area contributed by atoms with Gasteiger partial charge in [0.05, 0.1) is 36.8 Å². The van der Waals surface area contributed by atoms with Gasteiger partial charge in [0.25, 0.3) is 5.69 Å². The minimum atomic E-state index is -1.42. The topological polar surface area (TPSA) is 130 Å². The van der Waals surface area contributed by atoms with Gasteiger partial charge in [-0.1, -0.05) is 47.8 Å². The number of ether oxygens (including phenoxy) is 4. The molecule has 3 aromatic rings. The molecule has 2 aromatic carbocycles. The molecular weight excluding hydrogens is 587 g/mol. The zero-order valence-electron chi connectivity index (χ0n) is 21.7. The molecule has 0 bridgehead atoms. The molecule has 10 nitrogen and oxygen atoms in total. The molecule has 1 aliphatic heterocycles. The second-order valence-corrected chi connectivity index (χ2v) is 10.1. The van der Waals surface area contributed by atoms with E-state index in [0.717, 1.165) is 0 Å². The first-order valence-electron chi connectivity index (χ1n) is 11.7. The van der Waals surface area contributed by atoms with Crippen molar-refractivity contribution in [3.05, 3.63) is 79.2 Å². The average Bonchev–Trinajstić information content (AvgIpc) is 3.48. The molecule has 2 atom stereocenters. The SMILES string of the molecule is COC1=CC(=O)C[C@@H](C)[C@]12Oc1c(Cl)c(OC)cc(OC)c1C2=O.O=[N+]([O-])c1c(Cl)cccc1-c1c[nH]cc1Cl. The van der Waals surface area contributed by atoms with Crippen LogP contribution in [0.3, 0.4) is 0 Å². The summed E-state index contributed by atoms with van der Waals surface area (Å²) in [5.74, 6) is 0.107. The van der Waals surface area contributed by atoms with E-state index < -0.39 is 16.4 Å². The first-order valence-corrected chi connectivity index (χ1v) is 12.9. The van der Waals surface area contributed by atoms with Crippen LogP contribution in [0.4, 0.5) is 5.69 Å². The number of nitro benzene ring substituents is 1. The third kappa shape index (κ3) is 4.76. The Bertz CT molecular complexity index is 1550. The highest BCUT2D eigenvalue weighted by molar-refractivity contribution is 6.35. The first kappa shape index (κ1) is 29.3. The van der Waals surface area contributed by atoms with Crippen LogP contribution < -0.4 is 14.2 Å². The molecular formula is C27H23Cl3N2O8. The number of aromatic nitrogens is 1. The Balaban J connectivity index is 0.000000201. The molecule has 0 unspecified atom stereocenters. The highest BCUT2D eigenvalue weighted by Crippen LogP contribution is 2.54.